The molecule has 2 unspecified atom stereocenters. The van der Waals surface area contributed by atoms with Gasteiger partial charge in [0.2, 0.25) is 0 Å². The molecule has 0 saturated carbocycles. The molecule has 0 bridgehead atoms. The van der Waals surface area contributed by atoms with Crippen molar-refractivity contribution in [2.24, 2.45) is 5.41 Å². The van der Waals surface area contributed by atoms with Gasteiger partial charge >= 0.3 is 12.0 Å². The summed E-state index contributed by atoms with van der Waals surface area (Å²) < 4.78 is 0. The van der Waals surface area contributed by atoms with Crippen molar-refractivity contribution in [3.05, 3.63) is 0 Å². The maximum absolute atomic E-state index is 12.5. The van der Waals surface area contributed by atoms with Gasteiger partial charge in [-0.1, -0.05) is 20.3 Å². The van der Waals surface area contributed by atoms with Gasteiger partial charge in [-0.25, -0.2) is 4.79 Å². The highest BCUT2D eigenvalue weighted by Gasteiger charge is 2.46. The van der Waals surface area contributed by atoms with Gasteiger partial charge in [0.05, 0.1) is 5.41 Å². The van der Waals surface area contributed by atoms with E-state index < -0.39 is 11.4 Å². The molecule has 2 amide bonds. The van der Waals surface area contributed by atoms with Crippen molar-refractivity contribution in [1.82, 2.24) is 9.80 Å². The van der Waals surface area contributed by atoms with Gasteiger partial charge in [-0.05, 0) is 12.8 Å². The molecule has 0 aromatic rings. The molecule has 2 heterocycles. The number of thioether (sulfide) groups is 1. The van der Waals surface area contributed by atoms with Crippen LogP contribution in [0, 0.1) is 5.41 Å². The predicted octanol–water partition coefficient (Wildman–Crippen LogP) is 2.12. The molecule has 2 fully saturated rings. The zero-order chi connectivity index (χ0) is 14.8. The van der Waals surface area contributed by atoms with Crippen LogP contribution in [0.15, 0.2) is 0 Å². The smallest absolute Gasteiger partial charge is 0.320 e. The number of carboxylic acid groups (broad SMARTS) is 1. The Morgan fingerprint density at radius 3 is 2.70 bits per heavy atom. The van der Waals surface area contributed by atoms with Gasteiger partial charge in [-0.2, -0.15) is 11.8 Å². The summed E-state index contributed by atoms with van der Waals surface area (Å²) in [6.45, 7) is 6.62. The van der Waals surface area contributed by atoms with Crippen molar-refractivity contribution in [3.63, 3.8) is 0 Å². The van der Waals surface area contributed by atoms with Crippen molar-refractivity contribution >= 4 is 23.8 Å². The number of aliphatic carboxylic acids is 1. The van der Waals surface area contributed by atoms with Crippen molar-refractivity contribution in [3.8, 4) is 0 Å². The Bertz CT molecular complexity index is 391. The van der Waals surface area contributed by atoms with E-state index >= 15 is 0 Å². The molecule has 0 radical (unpaired) electrons. The number of hydrogen-bond donors (Lipinski definition) is 1. The highest BCUT2D eigenvalue weighted by molar-refractivity contribution is 7.99. The monoisotopic (exact) mass is 300 g/mol. The number of urea groups is 1. The highest BCUT2D eigenvalue weighted by Crippen LogP contribution is 2.36. The van der Waals surface area contributed by atoms with E-state index in [-0.39, 0.29) is 6.03 Å². The number of carbonyl (C=O) groups excluding carboxylic acids is 1. The topological polar surface area (TPSA) is 60.9 Å². The first kappa shape index (κ1) is 15.5. The summed E-state index contributed by atoms with van der Waals surface area (Å²) in [6.07, 6.45) is 2.07. The Morgan fingerprint density at radius 2 is 2.10 bits per heavy atom. The van der Waals surface area contributed by atoms with Gasteiger partial charge in [0, 0.05) is 37.2 Å². The van der Waals surface area contributed by atoms with E-state index in [1.54, 1.807) is 4.90 Å². The number of rotatable bonds is 3. The first-order valence-corrected chi connectivity index (χ1v) is 8.42. The fraction of sp³-hybridized carbons (Fsp3) is 0.857. The lowest BCUT2D eigenvalue weighted by molar-refractivity contribution is -0.148. The molecule has 0 aliphatic carbocycles. The van der Waals surface area contributed by atoms with Gasteiger partial charge in [0.1, 0.15) is 0 Å². The average Bonchev–Trinajstić information content (AvgIpc) is 2.84. The quantitative estimate of drug-likeness (QED) is 0.867. The van der Waals surface area contributed by atoms with Gasteiger partial charge in [0.25, 0.3) is 0 Å². The molecule has 1 N–H and O–H groups in total. The molecule has 114 valence electrons. The van der Waals surface area contributed by atoms with E-state index in [0.717, 1.165) is 25.3 Å². The van der Waals surface area contributed by atoms with Crippen LogP contribution in [0.1, 0.15) is 33.1 Å². The van der Waals surface area contributed by atoms with Gasteiger partial charge in [-0.3, -0.25) is 4.79 Å². The molecule has 2 aliphatic heterocycles. The molecule has 2 saturated heterocycles. The number of carbonyl (C=O) groups is 2. The van der Waals surface area contributed by atoms with E-state index in [1.807, 2.05) is 23.6 Å². The third-order valence-corrected chi connectivity index (χ3v) is 5.45. The summed E-state index contributed by atoms with van der Waals surface area (Å²) in [5.41, 5.74) is -0.722. The van der Waals surface area contributed by atoms with Crippen LogP contribution in [0.2, 0.25) is 0 Å². The van der Waals surface area contributed by atoms with Crippen LogP contribution in [-0.2, 0) is 4.79 Å². The van der Waals surface area contributed by atoms with Crippen molar-refractivity contribution in [2.45, 2.75) is 38.4 Å². The van der Waals surface area contributed by atoms with Crippen LogP contribution in [-0.4, -0.2) is 64.1 Å². The standard InChI is InChI=1S/C14H24N2O3S/c1-3-4-14(12(17)18)5-6-16(10-14)13(19)15-7-8-20-11(2)9-15/h11H,3-10H2,1-2H3,(H,17,18). The minimum absolute atomic E-state index is 0.0244. The van der Waals surface area contributed by atoms with Crippen LogP contribution in [0.5, 0.6) is 0 Å². The summed E-state index contributed by atoms with van der Waals surface area (Å²) in [7, 11) is 0. The third-order valence-electron chi connectivity index (χ3n) is 4.32. The van der Waals surface area contributed by atoms with Gasteiger partial charge in [0.15, 0.2) is 0 Å². The summed E-state index contributed by atoms with van der Waals surface area (Å²) in [5.74, 6) is 0.219. The van der Waals surface area contributed by atoms with Gasteiger partial charge < -0.3 is 14.9 Å². The lowest BCUT2D eigenvalue weighted by Crippen LogP contribution is -2.48. The summed E-state index contributed by atoms with van der Waals surface area (Å²) in [5, 5.41) is 9.96. The molecular formula is C14H24N2O3S. The first-order valence-electron chi connectivity index (χ1n) is 7.37. The number of carboxylic acids is 1. The first-order chi connectivity index (χ1) is 9.48. The average molecular weight is 300 g/mol. The lowest BCUT2D eigenvalue weighted by atomic mass is 9.83. The SMILES string of the molecule is CCCC1(C(=O)O)CCN(C(=O)N2CCSC(C)C2)C1. The van der Waals surface area contributed by atoms with Crippen LogP contribution >= 0.6 is 11.8 Å². The van der Waals surface area contributed by atoms with E-state index in [9.17, 15) is 14.7 Å². The van der Waals surface area contributed by atoms with Crippen molar-refractivity contribution < 1.29 is 14.7 Å². The molecule has 0 aromatic carbocycles. The molecule has 5 nitrogen and oxygen atoms in total. The van der Waals surface area contributed by atoms with E-state index in [4.69, 9.17) is 0 Å². The maximum atomic E-state index is 12.5. The van der Waals surface area contributed by atoms with Crippen LogP contribution in [0.3, 0.4) is 0 Å². The normalized spacial score (nSPS) is 30.6. The molecular weight excluding hydrogens is 276 g/mol. The zero-order valence-electron chi connectivity index (χ0n) is 12.3. The molecule has 2 atom stereocenters. The van der Waals surface area contributed by atoms with E-state index in [2.05, 4.69) is 6.92 Å². The Kier molecular flexibility index (Phi) is 4.83. The largest absolute Gasteiger partial charge is 0.481 e. The molecule has 2 aliphatic rings. The summed E-state index contributed by atoms with van der Waals surface area (Å²) in [4.78, 5) is 27.7. The third kappa shape index (κ3) is 3.05. The molecule has 6 heteroatoms. The Labute approximate surface area is 124 Å². The minimum Gasteiger partial charge on any atom is -0.481 e. The summed E-state index contributed by atoms with van der Waals surface area (Å²) in [6, 6.07) is 0.0244. The van der Waals surface area contributed by atoms with Crippen LogP contribution in [0.4, 0.5) is 4.79 Å². The second kappa shape index (κ2) is 6.24. The van der Waals surface area contributed by atoms with E-state index in [0.29, 0.717) is 31.2 Å². The Morgan fingerprint density at radius 1 is 1.35 bits per heavy atom. The fourth-order valence-corrected chi connectivity index (χ4v) is 4.21. The number of nitrogens with zero attached hydrogens (tertiary/aromatic N) is 2. The Balaban J connectivity index is 2.00. The number of amides is 2. The number of hydrogen-bond acceptors (Lipinski definition) is 3. The molecule has 0 aromatic heterocycles. The molecule has 2 rings (SSSR count). The maximum Gasteiger partial charge on any atom is 0.320 e. The van der Waals surface area contributed by atoms with Crippen LogP contribution < -0.4 is 0 Å². The Hall–Kier alpha value is -0.910. The zero-order valence-corrected chi connectivity index (χ0v) is 13.1. The van der Waals surface area contributed by atoms with Crippen LogP contribution in [0.25, 0.3) is 0 Å². The van der Waals surface area contributed by atoms with Crippen molar-refractivity contribution in [1.29, 1.82) is 0 Å². The van der Waals surface area contributed by atoms with Gasteiger partial charge in [-0.15, -0.1) is 0 Å². The molecule has 20 heavy (non-hydrogen) atoms. The predicted molar refractivity (Wildman–Crippen MR) is 80.1 cm³/mol. The second-order valence-electron chi connectivity index (χ2n) is 5.92. The minimum atomic E-state index is -0.753. The molecule has 0 spiro atoms. The summed E-state index contributed by atoms with van der Waals surface area (Å²) >= 11 is 1.89. The lowest BCUT2D eigenvalue weighted by Gasteiger charge is -2.34. The number of likely N-dealkylation sites (tertiary alicyclic amines) is 1. The van der Waals surface area contributed by atoms with E-state index in [1.165, 1.54) is 0 Å². The fourth-order valence-electron chi connectivity index (χ4n) is 3.19. The highest BCUT2D eigenvalue weighted by atomic mass is 32.2. The second-order valence-corrected chi connectivity index (χ2v) is 7.46. The van der Waals surface area contributed by atoms with Crippen molar-refractivity contribution in [2.75, 3.05) is 31.9 Å².